The highest BCUT2D eigenvalue weighted by molar-refractivity contribution is 7.16. The number of amides is 2. The molecule has 1 aromatic heterocycles. The summed E-state index contributed by atoms with van der Waals surface area (Å²) in [6.45, 7) is 4.73. The van der Waals surface area contributed by atoms with Crippen molar-refractivity contribution < 1.29 is 9.59 Å². The second kappa shape index (κ2) is 8.52. The van der Waals surface area contributed by atoms with Gasteiger partial charge in [0.15, 0.2) is 0 Å². The SMILES string of the molecule is C=CCN(Cc1ccc(Cl)s1)C(=O)CCC1Cc2ccccc2NC1=O. The molecule has 0 aliphatic carbocycles. The molecule has 0 saturated carbocycles. The number of thiophene rings is 1. The molecule has 3 rings (SSSR count). The van der Waals surface area contributed by atoms with E-state index in [-0.39, 0.29) is 17.7 Å². The number of halogens is 1. The summed E-state index contributed by atoms with van der Waals surface area (Å²) >= 11 is 7.44. The van der Waals surface area contributed by atoms with Crippen molar-refractivity contribution >= 4 is 40.4 Å². The lowest BCUT2D eigenvalue weighted by Gasteiger charge is -2.26. The lowest BCUT2D eigenvalue weighted by molar-refractivity contribution is -0.131. The van der Waals surface area contributed by atoms with Crippen LogP contribution < -0.4 is 5.32 Å². The number of nitrogens with one attached hydrogen (secondary N) is 1. The largest absolute Gasteiger partial charge is 0.334 e. The van der Waals surface area contributed by atoms with Crippen molar-refractivity contribution in [3.05, 3.63) is 63.8 Å². The molecule has 26 heavy (non-hydrogen) atoms. The molecule has 2 heterocycles. The maximum Gasteiger partial charge on any atom is 0.227 e. The number of carbonyl (C=O) groups excluding carboxylic acids is 2. The van der Waals surface area contributed by atoms with Crippen molar-refractivity contribution in [1.29, 1.82) is 0 Å². The van der Waals surface area contributed by atoms with Crippen LogP contribution in [0.25, 0.3) is 0 Å². The molecule has 0 spiro atoms. The highest BCUT2D eigenvalue weighted by Gasteiger charge is 2.27. The first-order valence-corrected chi connectivity index (χ1v) is 9.78. The molecule has 1 aliphatic heterocycles. The van der Waals surface area contributed by atoms with Crippen LogP contribution in [0.15, 0.2) is 49.1 Å². The number of anilines is 1. The second-order valence-corrected chi connectivity index (χ2v) is 8.15. The molecular formula is C20H21ClN2O2S. The number of fused-ring (bicyclic) bond motifs is 1. The number of hydrogen-bond donors (Lipinski definition) is 1. The zero-order valence-electron chi connectivity index (χ0n) is 14.4. The molecule has 1 aliphatic rings. The van der Waals surface area contributed by atoms with Gasteiger partial charge in [-0.15, -0.1) is 17.9 Å². The minimum absolute atomic E-state index is 0.00295. The molecule has 2 amide bonds. The number of nitrogens with zero attached hydrogens (tertiary/aromatic N) is 1. The van der Waals surface area contributed by atoms with Gasteiger partial charge in [0.2, 0.25) is 11.8 Å². The normalized spacial score (nSPS) is 15.9. The molecule has 0 fully saturated rings. The van der Waals surface area contributed by atoms with Crippen LogP contribution in [-0.4, -0.2) is 23.3 Å². The quantitative estimate of drug-likeness (QED) is 0.709. The van der Waals surface area contributed by atoms with Crippen molar-refractivity contribution in [1.82, 2.24) is 4.90 Å². The number of para-hydroxylation sites is 1. The molecule has 1 aromatic carbocycles. The zero-order valence-corrected chi connectivity index (χ0v) is 16.0. The van der Waals surface area contributed by atoms with Gasteiger partial charge in [-0.3, -0.25) is 9.59 Å². The average Bonchev–Trinajstić information content (AvgIpc) is 3.04. The molecule has 2 aromatic rings. The van der Waals surface area contributed by atoms with Gasteiger partial charge in [0, 0.05) is 29.4 Å². The lowest BCUT2D eigenvalue weighted by atomic mass is 9.89. The van der Waals surface area contributed by atoms with Crippen LogP contribution in [0.5, 0.6) is 0 Å². The monoisotopic (exact) mass is 388 g/mol. The number of rotatable bonds is 7. The summed E-state index contributed by atoms with van der Waals surface area (Å²) in [5.41, 5.74) is 2.00. The Morgan fingerprint density at radius 2 is 2.15 bits per heavy atom. The fraction of sp³-hybridized carbons (Fsp3) is 0.300. The van der Waals surface area contributed by atoms with E-state index >= 15 is 0 Å². The summed E-state index contributed by atoms with van der Waals surface area (Å²) in [7, 11) is 0. The fourth-order valence-corrected chi connectivity index (χ4v) is 4.24. The highest BCUT2D eigenvalue weighted by atomic mass is 35.5. The Morgan fingerprint density at radius 3 is 2.88 bits per heavy atom. The van der Waals surface area contributed by atoms with E-state index < -0.39 is 0 Å². The topological polar surface area (TPSA) is 49.4 Å². The zero-order chi connectivity index (χ0) is 18.5. The van der Waals surface area contributed by atoms with Crippen molar-refractivity contribution in [2.24, 2.45) is 5.92 Å². The second-order valence-electron chi connectivity index (χ2n) is 6.35. The highest BCUT2D eigenvalue weighted by Crippen LogP contribution is 2.28. The van der Waals surface area contributed by atoms with E-state index in [0.717, 1.165) is 16.1 Å². The first-order valence-electron chi connectivity index (χ1n) is 8.58. The van der Waals surface area contributed by atoms with Crippen LogP contribution >= 0.6 is 22.9 Å². The van der Waals surface area contributed by atoms with Gasteiger partial charge in [-0.05, 0) is 36.6 Å². The lowest BCUT2D eigenvalue weighted by Crippen LogP contribution is -2.33. The van der Waals surface area contributed by atoms with E-state index in [0.29, 0.717) is 36.7 Å². The van der Waals surface area contributed by atoms with Crippen LogP contribution in [0.3, 0.4) is 0 Å². The summed E-state index contributed by atoms with van der Waals surface area (Å²) in [5, 5.41) is 2.94. The molecule has 1 atom stereocenters. The summed E-state index contributed by atoms with van der Waals surface area (Å²) in [6.07, 6.45) is 3.28. The molecule has 6 heteroatoms. The first-order chi connectivity index (χ1) is 12.6. The van der Waals surface area contributed by atoms with Crippen molar-refractivity contribution in [2.75, 3.05) is 11.9 Å². The van der Waals surface area contributed by atoms with Gasteiger partial charge in [0.25, 0.3) is 0 Å². The fourth-order valence-electron chi connectivity index (χ4n) is 3.14. The van der Waals surface area contributed by atoms with Gasteiger partial charge < -0.3 is 10.2 Å². The van der Waals surface area contributed by atoms with E-state index in [9.17, 15) is 9.59 Å². The van der Waals surface area contributed by atoms with Crippen molar-refractivity contribution in [3.8, 4) is 0 Å². The molecule has 0 radical (unpaired) electrons. The standard InChI is InChI=1S/C20H21ClN2O2S/c1-2-11-23(13-16-8-9-18(21)26-16)19(24)10-7-15-12-14-5-3-4-6-17(14)22-20(15)25/h2-6,8-9,15H,1,7,10-13H2,(H,22,25). The summed E-state index contributed by atoms with van der Waals surface area (Å²) in [5.74, 6) is -0.145. The van der Waals surface area contributed by atoms with Gasteiger partial charge in [0.1, 0.15) is 0 Å². The van der Waals surface area contributed by atoms with Crippen LogP contribution in [0.1, 0.15) is 23.3 Å². The van der Waals surface area contributed by atoms with Gasteiger partial charge in [0.05, 0.1) is 10.9 Å². The van der Waals surface area contributed by atoms with Crippen molar-refractivity contribution in [3.63, 3.8) is 0 Å². The summed E-state index contributed by atoms with van der Waals surface area (Å²) in [6, 6.07) is 11.6. The minimum atomic E-state index is -0.171. The summed E-state index contributed by atoms with van der Waals surface area (Å²) in [4.78, 5) is 27.7. The first kappa shape index (κ1) is 18.7. The molecule has 136 valence electrons. The van der Waals surface area contributed by atoms with Gasteiger partial charge in [-0.2, -0.15) is 0 Å². The van der Waals surface area contributed by atoms with Gasteiger partial charge >= 0.3 is 0 Å². The van der Waals surface area contributed by atoms with E-state index in [4.69, 9.17) is 11.6 Å². The maximum atomic E-state index is 12.7. The molecular weight excluding hydrogens is 368 g/mol. The number of hydrogen-bond acceptors (Lipinski definition) is 3. The Kier molecular flexibility index (Phi) is 6.12. The van der Waals surface area contributed by atoms with Gasteiger partial charge in [-0.25, -0.2) is 0 Å². The third-order valence-corrected chi connectivity index (χ3v) is 5.71. The predicted octanol–water partition coefficient (Wildman–Crippen LogP) is 4.51. The third kappa shape index (κ3) is 4.54. The van der Waals surface area contributed by atoms with E-state index in [1.165, 1.54) is 11.3 Å². The average molecular weight is 389 g/mol. The number of benzene rings is 1. The Bertz CT molecular complexity index is 818. The van der Waals surface area contributed by atoms with Crippen LogP contribution in [-0.2, 0) is 22.6 Å². The van der Waals surface area contributed by atoms with Crippen LogP contribution in [0, 0.1) is 5.92 Å². The molecule has 1 N–H and O–H groups in total. The molecule has 1 unspecified atom stereocenters. The summed E-state index contributed by atoms with van der Waals surface area (Å²) < 4.78 is 0.712. The molecule has 0 saturated heterocycles. The number of carbonyl (C=O) groups is 2. The smallest absolute Gasteiger partial charge is 0.227 e. The van der Waals surface area contributed by atoms with Gasteiger partial charge in [-0.1, -0.05) is 35.9 Å². The molecule has 4 nitrogen and oxygen atoms in total. The molecule has 0 bridgehead atoms. The minimum Gasteiger partial charge on any atom is -0.334 e. The van der Waals surface area contributed by atoms with Crippen LogP contribution in [0.4, 0.5) is 5.69 Å². The predicted molar refractivity (Wildman–Crippen MR) is 106 cm³/mol. The van der Waals surface area contributed by atoms with Crippen LogP contribution in [0.2, 0.25) is 4.34 Å². The Balaban J connectivity index is 1.59. The Morgan fingerprint density at radius 1 is 1.35 bits per heavy atom. The Labute approximate surface area is 162 Å². The van der Waals surface area contributed by atoms with E-state index in [2.05, 4.69) is 11.9 Å². The Hall–Kier alpha value is -2.11. The van der Waals surface area contributed by atoms with E-state index in [1.54, 1.807) is 11.0 Å². The third-order valence-electron chi connectivity index (χ3n) is 4.50. The van der Waals surface area contributed by atoms with Crippen molar-refractivity contribution in [2.45, 2.75) is 25.8 Å². The maximum absolute atomic E-state index is 12.7. The van der Waals surface area contributed by atoms with E-state index in [1.807, 2.05) is 36.4 Å².